The van der Waals surface area contributed by atoms with E-state index in [9.17, 15) is 18.0 Å². The van der Waals surface area contributed by atoms with Crippen molar-refractivity contribution in [3.05, 3.63) is 65.2 Å². The van der Waals surface area contributed by atoms with Crippen molar-refractivity contribution in [2.24, 2.45) is 0 Å². The Morgan fingerprint density at radius 3 is 2.40 bits per heavy atom. The van der Waals surface area contributed by atoms with E-state index in [-0.39, 0.29) is 18.2 Å². The van der Waals surface area contributed by atoms with Crippen LogP contribution in [0.4, 0.5) is 18.9 Å². The van der Waals surface area contributed by atoms with E-state index in [1.807, 2.05) is 43.3 Å². The van der Waals surface area contributed by atoms with Crippen LogP contribution in [-0.4, -0.2) is 57.8 Å². The molecule has 1 aliphatic heterocycles. The number of nitrogens with one attached hydrogen (secondary N) is 1. The number of ether oxygens (including phenoxy) is 1. The molecule has 2 aromatic rings. The molecule has 0 radical (unpaired) electrons. The molecule has 2 aromatic carbocycles. The molecular weight excluding hydrogens is 395 g/mol. The zero-order chi connectivity index (χ0) is 21.7. The van der Waals surface area contributed by atoms with Crippen LogP contribution in [0, 0.1) is 0 Å². The molecular formula is C22H26F3N3O2. The van der Waals surface area contributed by atoms with Crippen molar-refractivity contribution < 1.29 is 22.7 Å². The third kappa shape index (κ3) is 5.52. The predicted octanol–water partition coefficient (Wildman–Crippen LogP) is 3.57. The number of carbonyl (C=O) groups excluding carboxylic acids is 1. The molecule has 1 N–H and O–H groups in total. The van der Waals surface area contributed by atoms with E-state index in [2.05, 4.69) is 10.2 Å². The summed E-state index contributed by atoms with van der Waals surface area (Å²) in [5.41, 5.74) is 1.26. The molecule has 0 aromatic heterocycles. The van der Waals surface area contributed by atoms with E-state index in [1.165, 1.54) is 12.1 Å². The molecule has 0 saturated carbocycles. The van der Waals surface area contributed by atoms with Gasteiger partial charge in [-0.3, -0.25) is 9.69 Å². The van der Waals surface area contributed by atoms with Crippen molar-refractivity contribution in [3.63, 3.8) is 0 Å². The van der Waals surface area contributed by atoms with Crippen LogP contribution >= 0.6 is 0 Å². The summed E-state index contributed by atoms with van der Waals surface area (Å²) >= 11 is 0. The first-order valence-corrected chi connectivity index (χ1v) is 9.80. The minimum atomic E-state index is -4.49. The molecule has 1 aliphatic rings. The zero-order valence-electron chi connectivity index (χ0n) is 17.1. The number of carbonyl (C=O) groups is 1. The number of hydrogen-bond acceptors (Lipinski definition) is 4. The van der Waals surface area contributed by atoms with Crippen LogP contribution in [0.25, 0.3) is 0 Å². The molecule has 1 amide bonds. The Morgan fingerprint density at radius 2 is 1.80 bits per heavy atom. The minimum absolute atomic E-state index is 0.00601. The molecule has 8 heteroatoms. The van der Waals surface area contributed by atoms with Gasteiger partial charge in [0.15, 0.2) is 0 Å². The Hall–Kier alpha value is -2.58. The highest BCUT2D eigenvalue weighted by Crippen LogP contribution is 2.29. The Kier molecular flexibility index (Phi) is 6.99. The van der Waals surface area contributed by atoms with Crippen molar-refractivity contribution in [3.8, 4) is 0 Å². The van der Waals surface area contributed by atoms with Crippen LogP contribution in [0.1, 0.15) is 27.5 Å². The maximum Gasteiger partial charge on any atom is 0.416 e. The summed E-state index contributed by atoms with van der Waals surface area (Å²) < 4.78 is 44.3. The smallest absolute Gasteiger partial charge is 0.379 e. The van der Waals surface area contributed by atoms with Gasteiger partial charge in [-0.1, -0.05) is 18.2 Å². The number of amides is 1. The summed E-state index contributed by atoms with van der Waals surface area (Å²) in [6.45, 7) is 2.94. The number of rotatable bonds is 6. The molecule has 0 unspecified atom stereocenters. The first-order chi connectivity index (χ1) is 14.3. The van der Waals surface area contributed by atoms with Crippen molar-refractivity contribution in [1.29, 1.82) is 0 Å². The van der Waals surface area contributed by atoms with Gasteiger partial charge in [-0.2, -0.15) is 13.2 Å². The van der Waals surface area contributed by atoms with Gasteiger partial charge >= 0.3 is 6.18 Å². The van der Waals surface area contributed by atoms with Gasteiger partial charge in [-0.15, -0.1) is 0 Å². The summed E-state index contributed by atoms with van der Waals surface area (Å²) in [5, 5.41) is 2.81. The number of anilines is 1. The highest BCUT2D eigenvalue weighted by molar-refractivity contribution is 5.94. The fourth-order valence-corrected chi connectivity index (χ4v) is 3.47. The molecule has 0 bridgehead atoms. The van der Waals surface area contributed by atoms with E-state index >= 15 is 0 Å². The quantitative estimate of drug-likeness (QED) is 0.775. The fraction of sp³-hybridized carbons (Fsp3) is 0.409. The summed E-state index contributed by atoms with van der Waals surface area (Å²) in [7, 11) is 3.92. The maximum absolute atomic E-state index is 12.9. The van der Waals surface area contributed by atoms with Gasteiger partial charge in [0.1, 0.15) is 0 Å². The van der Waals surface area contributed by atoms with Crippen molar-refractivity contribution in [2.75, 3.05) is 51.8 Å². The molecule has 1 saturated heterocycles. The average molecular weight is 421 g/mol. The largest absolute Gasteiger partial charge is 0.416 e. The lowest BCUT2D eigenvalue weighted by molar-refractivity contribution is -0.137. The van der Waals surface area contributed by atoms with E-state index in [4.69, 9.17) is 4.74 Å². The van der Waals surface area contributed by atoms with Crippen molar-refractivity contribution in [1.82, 2.24) is 10.2 Å². The molecule has 5 nitrogen and oxygen atoms in total. The van der Waals surface area contributed by atoms with Gasteiger partial charge in [-0.25, -0.2) is 0 Å². The monoisotopic (exact) mass is 421 g/mol. The van der Waals surface area contributed by atoms with E-state index < -0.39 is 17.6 Å². The number of benzene rings is 2. The van der Waals surface area contributed by atoms with Crippen LogP contribution in [0.2, 0.25) is 0 Å². The summed E-state index contributed by atoms with van der Waals surface area (Å²) in [5.74, 6) is -0.524. The van der Waals surface area contributed by atoms with Gasteiger partial charge in [-0.05, 0) is 35.9 Å². The zero-order valence-corrected chi connectivity index (χ0v) is 17.1. The molecule has 1 fully saturated rings. The maximum atomic E-state index is 12.9. The minimum Gasteiger partial charge on any atom is -0.379 e. The second-order valence-electron chi connectivity index (χ2n) is 7.44. The van der Waals surface area contributed by atoms with E-state index in [0.717, 1.165) is 36.5 Å². The lowest BCUT2D eigenvalue weighted by Crippen LogP contribution is -2.43. The van der Waals surface area contributed by atoms with Gasteiger partial charge < -0.3 is 15.0 Å². The molecule has 30 heavy (non-hydrogen) atoms. The van der Waals surface area contributed by atoms with Crippen LogP contribution in [0.3, 0.4) is 0 Å². The summed E-state index contributed by atoms with van der Waals surface area (Å²) in [6, 6.07) is 12.4. The molecule has 0 spiro atoms. The second-order valence-corrected chi connectivity index (χ2v) is 7.44. The highest BCUT2D eigenvalue weighted by atomic mass is 19.4. The van der Waals surface area contributed by atoms with Crippen LogP contribution in [0.15, 0.2) is 48.5 Å². The number of alkyl halides is 3. The number of morpholine rings is 1. The third-order valence-corrected chi connectivity index (χ3v) is 5.19. The number of halogens is 3. The molecule has 3 rings (SSSR count). The van der Waals surface area contributed by atoms with Gasteiger partial charge in [0, 0.05) is 45.0 Å². The Bertz CT molecular complexity index is 847. The lowest BCUT2D eigenvalue weighted by Gasteiger charge is -2.35. The van der Waals surface area contributed by atoms with E-state index in [1.54, 1.807) is 0 Å². The topological polar surface area (TPSA) is 44.8 Å². The Labute approximate surface area is 174 Å². The second kappa shape index (κ2) is 9.49. The van der Waals surface area contributed by atoms with E-state index in [0.29, 0.717) is 13.2 Å². The van der Waals surface area contributed by atoms with Gasteiger partial charge in [0.05, 0.1) is 24.8 Å². The molecule has 0 aliphatic carbocycles. The molecule has 1 atom stereocenters. The summed E-state index contributed by atoms with van der Waals surface area (Å²) in [6.07, 6.45) is -4.49. The Balaban J connectivity index is 1.75. The molecule has 162 valence electrons. The highest BCUT2D eigenvalue weighted by Gasteiger charge is 2.31. The average Bonchev–Trinajstić information content (AvgIpc) is 2.74. The van der Waals surface area contributed by atoms with Crippen molar-refractivity contribution in [2.45, 2.75) is 12.2 Å². The third-order valence-electron chi connectivity index (χ3n) is 5.19. The summed E-state index contributed by atoms with van der Waals surface area (Å²) in [4.78, 5) is 16.8. The number of nitrogens with zero attached hydrogens (tertiary/aromatic N) is 2. The SMILES string of the molecule is CN(C)c1ccc([C@H](CNC(=O)c2cccc(C(F)(F)F)c2)N2CCOCC2)cc1. The van der Waals surface area contributed by atoms with Crippen LogP contribution in [0.5, 0.6) is 0 Å². The van der Waals surface area contributed by atoms with Gasteiger partial charge in [0.2, 0.25) is 0 Å². The first-order valence-electron chi connectivity index (χ1n) is 9.80. The standard InChI is InChI=1S/C22H26F3N3O2/c1-27(2)19-8-6-16(7-9-19)20(28-10-12-30-13-11-28)15-26-21(29)17-4-3-5-18(14-17)22(23,24)25/h3-9,14,20H,10-13,15H2,1-2H3,(H,26,29)/t20-/m0/s1. The van der Waals surface area contributed by atoms with Gasteiger partial charge in [0.25, 0.3) is 5.91 Å². The fourth-order valence-electron chi connectivity index (χ4n) is 3.47. The normalized spacial score (nSPS) is 16.2. The first kappa shape index (κ1) is 22.1. The molecule has 1 heterocycles. The predicted molar refractivity (Wildman–Crippen MR) is 110 cm³/mol. The van der Waals surface area contributed by atoms with Crippen LogP contribution < -0.4 is 10.2 Å². The lowest BCUT2D eigenvalue weighted by atomic mass is 10.0. The van der Waals surface area contributed by atoms with Crippen LogP contribution in [-0.2, 0) is 10.9 Å². The van der Waals surface area contributed by atoms with Crippen molar-refractivity contribution >= 4 is 11.6 Å². The Morgan fingerprint density at radius 1 is 1.13 bits per heavy atom. The number of hydrogen-bond donors (Lipinski definition) is 1.